The summed E-state index contributed by atoms with van der Waals surface area (Å²) in [5.41, 5.74) is 2.41. The number of hydrogen-bond donors (Lipinski definition) is 1. The highest BCUT2D eigenvalue weighted by Gasteiger charge is 2.13. The zero-order chi connectivity index (χ0) is 19.6. The SMILES string of the molecule is CCOCCOc1ccccc1C(=O)Nc1ccc(N(CC)C(C)C)cc1. The zero-order valence-corrected chi connectivity index (χ0v) is 16.7. The highest BCUT2D eigenvalue weighted by molar-refractivity contribution is 6.06. The second-order valence-corrected chi connectivity index (χ2v) is 6.42. The minimum absolute atomic E-state index is 0.189. The third-order valence-electron chi connectivity index (χ3n) is 4.24. The molecule has 5 nitrogen and oxygen atoms in total. The number of ether oxygens (including phenoxy) is 2. The van der Waals surface area contributed by atoms with Gasteiger partial charge in [-0.2, -0.15) is 0 Å². The number of hydrogen-bond acceptors (Lipinski definition) is 4. The largest absolute Gasteiger partial charge is 0.490 e. The molecule has 0 saturated heterocycles. The lowest BCUT2D eigenvalue weighted by molar-refractivity contribution is 0.0998. The van der Waals surface area contributed by atoms with Gasteiger partial charge in [-0.25, -0.2) is 0 Å². The summed E-state index contributed by atoms with van der Waals surface area (Å²) in [6, 6.07) is 15.6. The molecule has 27 heavy (non-hydrogen) atoms. The highest BCUT2D eigenvalue weighted by Crippen LogP contribution is 2.22. The van der Waals surface area contributed by atoms with Crippen LogP contribution in [-0.2, 0) is 4.74 Å². The van der Waals surface area contributed by atoms with Gasteiger partial charge >= 0.3 is 0 Å². The standard InChI is InChI=1S/C22H30N2O3/c1-5-24(17(3)4)19-13-11-18(12-14-19)23-22(25)20-9-7-8-10-21(20)27-16-15-26-6-2/h7-14,17H,5-6,15-16H2,1-4H3,(H,23,25). The average Bonchev–Trinajstić information content (AvgIpc) is 2.67. The molecule has 146 valence electrons. The Morgan fingerprint density at radius 2 is 1.74 bits per heavy atom. The first-order valence-corrected chi connectivity index (χ1v) is 9.54. The second-order valence-electron chi connectivity index (χ2n) is 6.42. The fourth-order valence-corrected chi connectivity index (χ4v) is 2.92. The number of amides is 1. The van der Waals surface area contributed by atoms with Crippen molar-refractivity contribution in [2.24, 2.45) is 0 Å². The number of rotatable bonds is 10. The Bertz CT molecular complexity index is 714. The lowest BCUT2D eigenvalue weighted by Gasteiger charge is -2.27. The molecule has 0 aromatic heterocycles. The van der Waals surface area contributed by atoms with Crippen LogP contribution in [0.2, 0.25) is 0 Å². The number of anilines is 2. The van der Waals surface area contributed by atoms with E-state index in [1.165, 1.54) is 0 Å². The molecule has 1 amide bonds. The zero-order valence-electron chi connectivity index (χ0n) is 16.7. The number of nitrogens with zero attached hydrogens (tertiary/aromatic N) is 1. The summed E-state index contributed by atoms with van der Waals surface area (Å²) < 4.78 is 11.0. The van der Waals surface area contributed by atoms with Gasteiger partial charge in [-0.05, 0) is 64.1 Å². The molecular weight excluding hydrogens is 340 g/mol. The Balaban J connectivity index is 2.05. The molecule has 0 radical (unpaired) electrons. The molecule has 2 rings (SSSR count). The minimum Gasteiger partial charge on any atom is -0.490 e. The fourth-order valence-electron chi connectivity index (χ4n) is 2.92. The van der Waals surface area contributed by atoms with Crippen molar-refractivity contribution in [3.63, 3.8) is 0 Å². The van der Waals surface area contributed by atoms with Gasteiger partial charge in [0.05, 0.1) is 12.2 Å². The van der Waals surface area contributed by atoms with Crippen molar-refractivity contribution in [3.05, 3.63) is 54.1 Å². The molecule has 0 aliphatic heterocycles. The van der Waals surface area contributed by atoms with Gasteiger partial charge in [0.2, 0.25) is 0 Å². The normalized spacial score (nSPS) is 10.7. The Morgan fingerprint density at radius 1 is 1.04 bits per heavy atom. The topological polar surface area (TPSA) is 50.8 Å². The van der Waals surface area contributed by atoms with Gasteiger partial charge in [0.1, 0.15) is 12.4 Å². The Hall–Kier alpha value is -2.53. The van der Waals surface area contributed by atoms with E-state index < -0.39 is 0 Å². The van der Waals surface area contributed by atoms with Crippen LogP contribution in [0.4, 0.5) is 11.4 Å². The monoisotopic (exact) mass is 370 g/mol. The van der Waals surface area contributed by atoms with Crippen molar-refractivity contribution in [1.82, 2.24) is 0 Å². The maximum atomic E-state index is 12.7. The van der Waals surface area contributed by atoms with Crippen LogP contribution in [0.5, 0.6) is 5.75 Å². The number of benzene rings is 2. The molecule has 0 heterocycles. The predicted octanol–water partition coefficient (Wildman–Crippen LogP) is 4.59. The lowest BCUT2D eigenvalue weighted by atomic mass is 10.1. The summed E-state index contributed by atoms with van der Waals surface area (Å²) in [5.74, 6) is 0.370. The van der Waals surface area contributed by atoms with E-state index >= 15 is 0 Å². The first kappa shape index (κ1) is 20.8. The Kier molecular flexibility index (Phi) is 8.14. The van der Waals surface area contributed by atoms with E-state index in [0.29, 0.717) is 37.2 Å². The van der Waals surface area contributed by atoms with E-state index in [0.717, 1.165) is 17.9 Å². The van der Waals surface area contributed by atoms with Crippen molar-refractivity contribution < 1.29 is 14.3 Å². The lowest BCUT2D eigenvalue weighted by Crippen LogP contribution is -2.30. The third kappa shape index (κ3) is 6.00. The Labute approximate surface area is 162 Å². The van der Waals surface area contributed by atoms with Crippen molar-refractivity contribution in [2.75, 3.05) is 36.6 Å². The summed E-state index contributed by atoms with van der Waals surface area (Å²) in [6.07, 6.45) is 0. The minimum atomic E-state index is -0.189. The van der Waals surface area contributed by atoms with Gasteiger partial charge in [-0.1, -0.05) is 12.1 Å². The van der Waals surface area contributed by atoms with Gasteiger partial charge in [-0.3, -0.25) is 4.79 Å². The summed E-state index contributed by atoms with van der Waals surface area (Å²) in [4.78, 5) is 15.0. The van der Waals surface area contributed by atoms with Crippen LogP contribution in [0.15, 0.2) is 48.5 Å². The van der Waals surface area contributed by atoms with E-state index in [2.05, 4.69) is 31.0 Å². The van der Waals surface area contributed by atoms with Crippen LogP contribution in [-0.4, -0.2) is 38.3 Å². The van der Waals surface area contributed by atoms with Crippen LogP contribution in [0.3, 0.4) is 0 Å². The fraction of sp³-hybridized carbons (Fsp3) is 0.409. The van der Waals surface area contributed by atoms with Gasteiger partial charge < -0.3 is 19.7 Å². The summed E-state index contributed by atoms with van der Waals surface area (Å²) >= 11 is 0. The van der Waals surface area contributed by atoms with Crippen LogP contribution in [0.25, 0.3) is 0 Å². The number of nitrogens with one attached hydrogen (secondary N) is 1. The van der Waals surface area contributed by atoms with Crippen LogP contribution in [0.1, 0.15) is 38.1 Å². The van der Waals surface area contributed by atoms with Crippen LogP contribution < -0.4 is 15.0 Å². The molecule has 0 fully saturated rings. The van der Waals surface area contributed by atoms with E-state index in [-0.39, 0.29) is 5.91 Å². The van der Waals surface area contributed by atoms with Crippen LogP contribution >= 0.6 is 0 Å². The predicted molar refractivity (Wildman–Crippen MR) is 111 cm³/mol. The molecule has 0 saturated carbocycles. The van der Waals surface area contributed by atoms with Gasteiger partial charge in [0.15, 0.2) is 0 Å². The quantitative estimate of drug-likeness (QED) is 0.622. The van der Waals surface area contributed by atoms with Gasteiger partial charge in [0.25, 0.3) is 5.91 Å². The summed E-state index contributed by atoms with van der Waals surface area (Å²) in [6.45, 7) is 10.9. The molecule has 0 spiro atoms. The molecule has 0 bridgehead atoms. The van der Waals surface area contributed by atoms with E-state index in [4.69, 9.17) is 9.47 Å². The molecule has 0 atom stereocenters. The van der Waals surface area contributed by atoms with Crippen molar-refractivity contribution in [1.29, 1.82) is 0 Å². The first-order chi connectivity index (χ1) is 13.1. The third-order valence-corrected chi connectivity index (χ3v) is 4.24. The highest BCUT2D eigenvalue weighted by atomic mass is 16.5. The Morgan fingerprint density at radius 3 is 2.37 bits per heavy atom. The van der Waals surface area contributed by atoms with Gasteiger partial charge in [0, 0.05) is 30.6 Å². The summed E-state index contributed by atoms with van der Waals surface area (Å²) in [7, 11) is 0. The molecule has 0 aliphatic rings. The molecule has 2 aromatic rings. The molecule has 0 aliphatic carbocycles. The molecule has 2 aromatic carbocycles. The van der Waals surface area contributed by atoms with Crippen LogP contribution in [0, 0.1) is 0 Å². The van der Waals surface area contributed by atoms with Crippen molar-refractivity contribution >= 4 is 17.3 Å². The van der Waals surface area contributed by atoms with Crippen molar-refractivity contribution in [3.8, 4) is 5.75 Å². The van der Waals surface area contributed by atoms with Gasteiger partial charge in [-0.15, -0.1) is 0 Å². The van der Waals surface area contributed by atoms with E-state index in [9.17, 15) is 4.79 Å². The molecular formula is C22H30N2O3. The molecule has 0 unspecified atom stereocenters. The number of carbonyl (C=O) groups is 1. The second kappa shape index (κ2) is 10.6. The van der Waals surface area contributed by atoms with E-state index in [1.54, 1.807) is 12.1 Å². The summed E-state index contributed by atoms with van der Waals surface area (Å²) in [5, 5.41) is 2.94. The first-order valence-electron chi connectivity index (χ1n) is 9.54. The molecule has 1 N–H and O–H groups in total. The molecule has 5 heteroatoms. The number of carbonyl (C=O) groups excluding carboxylic acids is 1. The maximum absolute atomic E-state index is 12.7. The average molecular weight is 370 g/mol. The smallest absolute Gasteiger partial charge is 0.259 e. The maximum Gasteiger partial charge on any atom is 0.259 e. The number of para-hydroxylation sites is 1. The van der Waals surface area contributed by atoms with Crippen molar-refractivity contribution in [2.45, 2.75) is 33.7 Å². The van der Waals surface area contributed by atoms with E-state index in [1.807, 2.05) is 43.3 Å².